The van der Waals surface area contributed by atoms with Crippen LogP contribution >= 0.6 is 0 Å². The SMILES string of the molecule is COc1ccc(C(=O)N2CCC(c3c[nH]c4ccccc34)CC2)cc1. The first-order valence-electron chi connectivity index (χ1n) is 8.75. The Morgan fingerprint density at radius 2 is 1.80 bits per heavy atom. The number of nitrogens with one attached hydrogen (secondary N) is 1. The number of nitrogens with zero attached hydrogens (tertiary/aromatic N) is 1. The van der Waals surface area contributed by atoms with E-state index in [4.69, 9.17) is 4.74 Å². The Morgan fingerprint density at radius 1 is 1.08 bits per heavy atom. The molecule has 1 aliphatic heterocycles. The largest absolute Gasteiger partial charge is 0.497 e. The number of ether oxygens (including phenoxy) is 1. The molecule has 4 rings (SSSR count). The Hall–Kier alpha value is -2.75. The van der Waals surface area contributed by atoms with Crippen LogP contribution in [0.3, 0.4) is 0 Å². The lowest BCUT2D eigenvalue weighted by molar-refractivity contribution is 0.0713. The minimum atomic E-state index is 0.111. The topological polar surface area (TPSA) is 45.3 Å². The lowest BCUT2D eigenvalue weighted by atomic mass is 9.89. The number of rotatable bonds is 3. The molecule has 3 aromatic rings. The van der Waals surface area contributed by atoms with Crippen LogP contribution in [0, 0.1) is 0 Å². The number of aromatic amines is 1. The van der Waals surface area contributed by atoms with E-state index < -0.39 is 0 Å². The first-order chi connectivity index (χ1) is 12.3. The van der Waals surface area contributed by atoms with Gasteiger partial charge in [-0.3, -0.25) is 4.79 Å². The monoisotopic (exact) mass is 334 g/mol. The number of benzene rings is 2. The number of carbonyl (C=O) groups excluding carboxylic acids is 1. The average molecular weight is 334 g/mol. The highest BCUT2D eigenvalue weighted by Crippen LogP contribution is 2.33. The van der Waals surface area contributed by atoms with E-state index in [-0.39, 0.29) is 5.91 Å². The molecule has 0 radical (unpaired) electrons. The van der Waals surface area contributed by atoms with Crippen molar-refractivity contribution in [1.82, 2.24) is 9.88 Å². The summed E-state index contributed by atoms with van der Waals surface area (Å²) in [6, 6.07) is 15.8. The van der Waals surface area contributed by atoms with Gasteiger partial charge in [0.1, 0.15) is 5.75 Å². The Kier molecular flexibility index (Phi) is 4.18. The van der Waals surface area contributed by atoms with E-state index in [1.807, 2.05) is 29.2 Å². The summed E-state index contributed by atoms with van der Waals surface area (Å²) < 4.78 is 5.16. The van der Waals surface area contributed by atoms with Gasteiger partial charge in [0.25, 0.3) is 5.91 Å². The Labute approximate surface area is 147 Å². The highest BCUT2D eigenvalue weighted by atomic mass is 16.5. The number of hydrogen-bond acceptors (Lipinski definition) is 2. The molecule has 128 valence electrons. The summed E-state index contributed by atoms with van der Waals surface area (Å²) in [6.07, 6.45) is 4.14. The summed E-state index contributed by atoms with van der Waals surface area (Å²) in [5.74, 6) is 1.39. The third-order valence-corrected chi connectivity index (χ3v) is 5.18. The molecule has 1 aromatic heterocycles. The van der Waals surface area contributed by atoms with Crippen LogP contribution in [0.15, 0.2) is 54.7 Å². The van der Waals surface area contributed by atoms with E-state index in [1.165, 1.54) is 16.5 Å². The van der Waals surface area contributed by atoms with Crippen LogP contribution in [0.25, 0.3) is 10.9 Å². The number of hydrogen-bond donors (Lipinski definition) is 1. The fraction of sp³-hybridized carbons (Fsp3) is 0.286. The maximum Gasteiger partial charge on any atom is 0.253 e. The first-order valence-corrected chi connectivity index (χ1v) is 8.75. The van der Waals surface area contributed by atoms with Crippen LogP contribution in [0.5, 0.6) is 5.75 Å². The fourth-order valence-corrected chi connectivity index (χ4v) is 3.74. The highest BCUT2D eigenvalue weighted by molar-refractivity contribution is 5.94. The predicted octanol–water partition coefficient (Wildman–Crippen LogP) is 4.20. The van der Waals surface area contributed by atoms with Gasteiger partial charge in [-0.1, -0.05) is 18.2 Å². The quantitative estimate of drug-likeness (QED) is 0.780. The molecular formula is C21H22N2O2. The van der Waals surface area contributed by atoms with Crippen LogP contribution < -0.4 is 4.74 Å². The lowest BCUT2D eigenvalue weighted by Crippen LogP contribution is -2.37. The van der Waals surface area contributed by atoms with Gasteiger partial charge in [0.15, 0.2) is 0 Å². The van der Waals surface area contributed by atoms with Gasteiger partial charge in [0.2, 0.25) is 0 Å². The maximum atomic E-state index is 12.7. The second-order valence-electron chi connectivity index (χ2n) is 6.58. The molecule has 0 bridgehead atoms. The molecule has 4 nitrogen and oxygen atoms in total. The van der Waals surface area contributed by atoms with E-state index in [0.29, 0.717) is 5.92 Å². The summed E-state index contributed by atoms with van der Waals surface area (Å²) in [6.45, 7) is 1.60. The van der Waals surface area contributed by atoms with Gasteiger partial charge >= 0.3 is 0 Å². The molecule has 0 aliphatic carbocycles. The first kappa shape index (κ1) is 15.8. The van der Waals surface area contributed by atoms with E-state index in [2.05, 4.69) is 35.4 Å². The minimum Gasteiger partial charge on any atom is -0.497 e. The van der Waals surface area contributed by atoms with Crippen molar-refractivity contribution in [2.45, 2.75) is 18.8 Å². The van der Waals surface area contributed by atoms with Gasteiger partial charge in [0, 0.05) is 35.8 Å². The predicted molar refractivity (Wildman–Crippen MR) is 99.2 cm³/mol. The molecule has 0 saturated carbocycles. The number of carbonyl (C=O) groups is 1. The van der Waals surface area contributed by atoms with Crippen molar-refractivity contribution in [2.24, 2.45) is 0 Å². The summed E-state index contributed by atoms with van der Waals surface area (Å²) in [4.78, 5) is 18.0. The van der Waals surface area contributed by atoms with E-state index in [9.17, 15) is 4.79 Å². The molecule has 1 amide bonds. The molecule has 1 aliphatic rings. The number of para-hydroxylation sites is 1. The van der Waals surface area contributed by atoms with Crippen LogP contribution in [0.2, 0.25) is 0 Å². The number of piperidine rings is 1. The lowest BCUT2D eigenvalue weighted by Gasteiger charge is -2.32. The third-order valence-electron chi connectivity index (χ3n) is 5.18. The molecular weight excluding hydrogens is 312 g/mol. The second kappa shape index (κ2) is 6.63. The van der Waals surface area contributed by atoms with Crippen molar-refractivity contribution in [3.63, 3.8) is 0 Å². The highest BCUT2D eigenvalue weighted by Gasteiger charge is 2.26. The van der Waals surface area contributed by atoms with Gasteiger partial charge < -0.3 is 14.6 Å². The molecule has 2 aromatic carbocycles. The molecule has 1 saturated heterocycles. The van der Waals surface area contributed by atoms with Gasteiger partial charge in [-0.15, -0.1) is 0 Å². The summed E-state index contributed by atoms with van der Waals surface area (Å²) >= 11 is 0. The number of aromatic nitrogens is 1. The Bertz CT molecular complexity index is 874. The standard InChI is InChI=1S/C21H22N2O2/c1-25-17-8-6-16(7-9-17)21(24)23-12-10-15(11-13-23)19-14-22-20-5-3-2-4-18(19)20/h2-9,14-15,22H,10-13H2,1H3. The second-order valence-corrected chi connectivity index (χ2v) is 6.58. The van der Waals surface area contributed by atoms with Crippen molar-refractivity contribution >= 4 is 16.8 Å². The molecule has 25 heavy (non-hydrogen) atoms. The van der Waals surface area contributed by atoms with Crippen molar-refractivity contribution in [3.8, 4) is 5.75 Å². The summed E-state index contributed by atoms with van der Waals surface area (Å²) in [7, 11) is 1.63. The summed E-state index contributed by atoms with van der Waals surface area (Å²) in [5, 5.41) is 1.31. The third kappa shape index (κ3) is 3.00. The smallest absolute Gasteiger partial charge is 0.253 e. The van der Waals surface area contributed by atoms with Crippen molar-refractivity contribution in [1.29, 1.82) is 0 Å². The van der Waals surface area contributed by atoms with E-state index in [0.717, 1.165) is 37.2 Å². The van der Waals surface area contributed by atoms with Crippen molar-refractivity contribution < 1.29 is 9.53 Å². The van der Waals surface area contributed by atoms with Gasteiger partial charge in [0.05, 0.1) is 7.11 Å². The number of amides is 1. The van der Waals surface area contributed by atoms with Gasteiger partial charge in [-0.25, -0.2) is 0 Å². The zero-order chi connectivity index (χ0) is 17.2. The molecule has 0 unspecified atom stereocenters. The number of methoxy groups -OCH3 is 1. The van der Waals surface area contributed by atoms with Crippen LogP contribution in [-0.4, -0.2) is 36.0 Å². The van der Waals surface area contributed by atoms with Gasteiger partial charge in [-0.2, -0.15) is 0 Å². The Balaban J connectivity index is 1.44. The summed E-state index contributed by atoms with van der Waals surface area (Å²) in [5.41, 5.74) is 3.30. The minimum absolute atomic E-state index is 0.111. The average Bonchev–Trinajstić information content (AvgIpc) is 3.12. The molecule has 1 fully saturated rings. The zero-order valence-corrected chi connectivity index (χ0v) is 14.4. The van der Waals surface area contributed by atoms with Crippen LogP contribution in [0.1, 0.15) is 34.7 Å². The maximum absolute atomic E-state index is 12.7. The van der Waals surface area contributed by atoms with E-state index >= 15 is 0 Å². The van der Waals surface area contributed by atoms with Gasteiger partial charge in [-0.05, 0) is 54.7 Å². The molecule has 1 N–H and O–H groups in total. The zero-order valence-electron chi connectivity index (χ0n) is 14.4. The molecule has 2 heterocycles. The molecule has 4 heteroatoms. The van der Waals surface area contributed by atoms with Crippen molar-refractivity contribution in [3.05, 3.63) is 65.9 Å². The van der Waals surface area contributed by atoms with Crippen molar-refractivity contribution in [2.75, 3.05) is 20.2 Å². The number of likely N-dealkylation sites (tertiary alicyclic amines) is 1. The number of fused-ring (bicyclic) bond motifs is 1. The number of H-pyrrole nitrogens is 1. The van der Waals surface area contributed by atoms with Crippen LogP contribution in [0.4, 0.5) is 0 Å². The van der Waals surface area contributed by atoms with Crippen LogP contribution in [-0.2, 0) is 0 Å². The molecule has 0 spiro atoms. The molecule has 0 atom stereocenters. The fourth-order valence-electron chi connectivity index (χ4n) is 3.74. The normalized spacial score (nSPS) is 15.5. The Morgan fingerprint density at radius 3 is 2.52 bits per heavy atom. The van der Waals surface area contributed by atoms with E-state index in [1.54, 1.807) is 7.11 Å².